The minimum atomic E-state index is -0.390. The lowest BCUT2D eigenvalue weighted by atomic mass is 10.3. The van der Waals surface area contributed by atoms with Crippen molar-refractivity contribution >= 4 is 34.9 Å². The van der Waals surface area contributed by atoms with Crippen LogP contribution in [0.2, 0.25) is 10.0 Å². The van der Waals surface area contributed by atoms with Gasteiger partial charge in [-0.2, -0.15) is 0 Å². The monoisotopic (exact) mass is 289 g/mol. The Morgan fingerprint density at radius 1 is 1.39 bits per heavy atom. The number of benzene rings is 1. The van der Waals surface area contributed by atoms with Crippen LogP contribution in [0.15, 0.2) is 23.4 Å². The number of ether oxygens (including phenoxy) is 1. The summed E-state index contributed by atoms with van der Waals surface area (Å²) in [6.07, 6.45) is 0.278. The van der Waals surface area contributed by atoms with Crippen LogP contribution >= 0.6 is 23.2 Å². The number of rotatable bonds is 5. The van der Waals surface area contributed by atoms with E-state index in [0.29, 0.717) is 21.5 Å². The number of carbonyl (C=O) groups excluding carboxylic acids is 1. The molecule has 0 fully saturated rings. The van der Waals surface area contributed by atoms with Crippen molar-refractivity contribution in [1.29, 1.82) is 0 Å². The van der Waals surface area contributed by atoms with E-state index in [4.69, 9.17) is 27.9 Å². The minimum absolute atomic E-state index is 0.179. The zero-order chi connectivity index (χ0) is 13.5. The molecule has 0 amide bonds. The summed E-state index contributed by atoms with van der Waals surface area (Å²) in [5, 5.41) is 4.58. The SMILES string of the molecule is CCC(=O)O/N=C(\C)COc1ccc(Cl)cc1Cl. The largest absolute Gasteiger partial charge is 0.486 e. The van der Waals surface area contributed by atoms with Gasteiger partial charge in [0.25, 0.3) is 0 Å². The number of nitrogens with zero attached hydrogens (tertiary/aromatic N) is 1. The predicted octanol–water partition coefficient (Wildman–Crippen LogP) is 3.70. The molecule has 0 spiro atoms. The fourth-order valence-electron chi connectivity index (χ4n) is 0.994. The molecule has 0 aliphatic rings. The third-order valence-corrected chi connectivity index (χ3v) is 2.45. The number of oxime groups is 1. The minimum Gasteiger partial charge on any atom is -0.486 e. The summed E-state index contributed by atoms with van der Waals surface area (Å²) in [5.41, 5.74) is 0.530. The van der Waals surface area contributed by atoms with Crippen LogP contribution in [0.1, 0.15) is 20.3 Å². The van der Waals surface area contributed by atoms with Crippen LogP contribution in [0.25, 0.3) is 0 Å². The van der Waals surface area contributed by atoms with Gasteiger partial charge in [0.2, 0.25) is 0 Å². The van der Waals surface area contributed by atoms with Crippen LogP contribution in [0, 0.1) is 0 Å². The first-order valence-corrected chi connectivity index (χ1v) is 6.09. The fourth-order valence-corrected chi connectivity index (χ4v) is 1.46. The lowest BCUT2D eigenvalue weighted by Gasteiger charge is -2.07. The molecule has 0 bridgehead atoms. The summed E-state index contributed by atoms with van der Waals surface area (Å²) in [7, 11) is 0. The zero-order valence-electron chi connectivity index (χ0n) is 10.1. The molecule has 1 rings (SSSR count). The Kier molecular flexibility index (Phi) is 5.95. The van der Waals surface area contributed by atoms with Crippen LogP contribution in [0.5, 0.6) is 5.75 Å². The van der Waals surface area contributed by atoms with E-state index >= 15 is 0 Å². The molecule has 1 aromatic carbocycles. The van der Waals surface area contributed by atoms with Crippen LogP contribution in [0.4, 0.5) is 0 Å². The maximum atomic E-state index is 10.9. The van der Waals surface area contributed by atoms with Crippen molar-refractivity contribution < 1.29 is 14.4 Å². The molecular formula is C12H13Cl2NO3. The first-order valence-electron chi connectivity index (χ1n) is 5.34. The highest BCUT2D eigenvalue weighted by atomic mass is 35.5. The van der Waals surface area contributed by atoms with Gasteiger partial charge in [-0.15, -0.1) is 0 Å². The van der Waals surface area contributed by atoms with Gasteiger partial charge in [-0.05, 0) is 25.1 Å². The van der Waals surface area contributed by atoms with E-state index in [1.54, 1.807) is 32.0 Å². The summed E-state index contributed by atoms with van der Waals surface area (Å²) < 4.78 is 5.41. The number of hydrogen-bond donors (Lipinski definition) is 0. The van der Waals surface area contributed by atoms with Crippen LogP contribution < -0.4 is 4.74 Å². The van der Waals surface area contributed by atoms with Crippen molar-refractivity contribution in [2.24, 2.45) is 5.16 Å². The van der Waals surface area contributed by atoms with Crippen molar-refractivity contribution in [3.8, 4) is 5.75 Å². The van der Waals surface area contributed by atoms with Gasteiger partial charge in [0, 0.05) is 11.4 Å². The van der Waals surface area contributed by atoms with Crippen molar-refractivity contribution in [2.75, 3.05) is 6.61 Å². The summed E-state index contributed by atoms with van der Waals surface area (Å²) in [6, 6.07) is 4.92. The molecule has 4 nitrogen and oxygen atoms in total. The average Bonchev–Trinajstić information content (AvgIpc) is 2.34. The van der Waals surface area contributed by atoms with Gasteiger partial charge in [0.1, 0.15) is 12.4 Å². The molecular weight excluding hydrogens is 277 g/mol. The van der Waals surface area contributed by atoms with Gasteiger partial charge in [-0.3, -0.25) is 0 Å². The zero-order valence-corrected chi connectivity index (χ0v) is 11.6. The molecule has 1 aromatic rings. The highest BCUT2D eigenvalue weighted by Gasteiger charge is 2.04. The first kappa shape index (κ1) is 14.8. The topological polar surface area (TPSA) is 47.9 Å². The van der Waals surface area contributed by atoms with Crippen molar-refractivity contribution in [2.45, 2.75) is 20.3 Å². The van der Waals surface area contributed by atoms with Gasteiger partial charge in [-0.25, -0.2) is 4.79 Å². The molecule has 18 heavy (non-hydrogen) atoms. The Labute approximate surface area is 115 Å². The van der Waals surface area contributed by atoms with Crippen molar-refractivity contribution in [3.63, 3.8) is 0 Å². The number of halogens is 2. The van der Waals surface area contributed by atoms with Crippen molar-refractivity contribution in [3.05, 3.63) is 28.2 Å². The molecule has 0 atom stereocenters. The summed E-state index contributed by atoms with van der Waals surface area (Å²) >= 11 is 11.7. The van der Waals surface area contributed by atoms with E-state index in [1.807, 2.05) is 0 Å². The van der Waals surface area contributed by atoms with E-state index in [9.17, 15) is 4.79 Å². The van der Waals surface area contributed by atoms with Crippen LogP contribution in [0.3, 0.4) is 0 Å². The Hall–Kier alpha value is -1.26. The molecule has 0 heterocycles. The highest BCUT2D eigenvalue weighted by molar-refractivity contribution is 6.35. The van der Waals surface area contributed by atoms with E-state index in [-0.39, 0.29) is 19.0 Å². The summed E-state index contributed by atoms with van der Waals surface area (Å²) in [5.74, 6) is 0.108. The Morgan fingerprint density at radius 3 is 2.72 bits per heavy atom. The highest BCUT2D eigenvalue weighted by Crippen LogP contribution is 2.27. The third-order valence-electron chi connectivity index (χ3n) is 1.92. The molecule has 0 radical (unpaired) electrons. The standard InChI is InChI=1S/C12H13Cl2NO3/c1-3-12(16)18-15-8(2)7-17-11-5-4-9(13)6-10(11)14/h4-6H,3,7H2,1-2H3/b15-8+. The lowest BCUT2D eigenvalue weighted by molar-refractivity contribution is -0.143. The molecule has 6 heteroatoms. The van der Waals surface area contributed by atoms with Crippen molar-refractivity contribution in [1.82, 2.24) is 0 Å². The summed E-state index contributed by atoms with van der Waals surface area (Å²) in [4.78, 5) is 15.5. The normalized spacial score (nSPS) is 11.2. The van der Waals surface area contributed by atoms with Crippen LogP contribution in [-0.2, 0) is 9.63 Å². The maximum Gasteiger partial charge on any atom is 0.334 e. The second kappa shape index (κ2) is 7.24. The molecule has 0 N–H and O–H groups in total. The van der Waals surface area contributed by atoms with E-state index in [1.165, 1.54) is 0 Å². The molecule has 98 valence electrons. The third kappa shape index (κ3) is 4.94. The molecule has 0 saturated carbocycles. The second-order valence-corrected chi connectivity index (χ2v) is 4.35. The van der Waals surface area contributed by atoms with Gasteiger partial charge in [0.15, 0.2) is 0 Å². The second-order valence-electron chi connectivity index (χ2n) is 3.51. The summed E-state index contributed by atoms with van der Waals surface area (Å²) in [6.45, 7) is 3.56. The first-order chi connectivity index (χ1) is 8.52. The number of carbonyl (C=O) groups is 1. The predicted molar refractivity (Wildman–Crippen MR) is 71.4 cm³/mol. The smallest absolute Gasteiger partial charge is 0.334 e. The molecule has 0 unspecified atom stereocenters. The average molecular weight is 290 g/mol. The lowest BCUT2D eigenvalue weighted by Crippen LogP contribution is -2.09. The van der Waals surface area contributed by atoms with Gasteiger partial charge < -0.3 is 9.57 Å². The molecule has 0 aromatic heterocycles. The molecule has 0 aliphatic heterocycles. The Bertz CT molecular complexity index is 461. The Balaban J connectivity index is 2.51. The molecule has 0 aliphatic carbocycles. The van der Waals surface area contributed by atoms with Crippen LogP contribution in [-0.4, -0.2) is 18.3 Å². The number of hydrogen-bond acceptors (Lipinski definition) is 4. The fraction of sp³-hybridized carbons (Fsp3) is 0.333. The Morgan fingerprint density at radius 2 is 2.11 bits per heavy atom. The van der Waals surface area contributed by atoms with E-state index < -0.39 is 0 Å². The quantitative estimate of drug-likeness (QED) is 0.472. The van der Waals surface area contributed by atoms with Gasteiger partial charge in [-0.1, -0.05) is 35.3 Å². The maximum absolute atomic E-state index is 10.9. The van der Waals surface area contributed by atoms with E-state index in [0.717, 1.165) is 0 Å². The van der Waals surface area contributed by atoms with Gasteiger partial charge >= 0.3 is 5.97 Å². The van der Waals surface area contributed by atoms with E-state index in [2.05, 4.69) is 9.99 Å². The van der Waals surface area contributed by atoms with Gasteiger partial charge in [0.05, 0.1) is 10.7 Å². The molecule has 0 saturated heterocycles.